The highest BCUT2D eigenvalue weighted by atomic mass is 32.1. The van der Waals surface area contributed by atoms with Crippen molar-refractivity contribution in [3.8, 4) is 10.6 Å². The number of carbonyl (C=O) groups excluding carboxylic acids is 1. The number of Topliss-reactive ketones (excluding diaryl/α,β-unsaturated/α-hetero) is 1. The summed E-state index contributed by atoms with van der Waals surface area (Å²) in [6.07, 6.45) is 3.68. The Morgan fingerprint density at radius 1 is 1.14 bits per heavy atom. The molecule has 0 aliphatic carbocycles. The van der Waals surface area contributed by atoms with Gasteiger partial charge in [-0.25, -0.2) is 4.68 Å². The lowest BCUT2D eigenvalue weighted by Crippen LogP contribution is -2.26. The van der Waals surface area contributed by atoms with Crippen LogP contribution in [-0.4, -0.2) is 43.5 Å². The summed E-state index contributed by atoms with van der Waals surface area (Å²) < 4.78 is 11.1. The number of pyridine rings is 1. The summed E-state index contributed by atoms with van der Waals surface area (Å²) in [7, 11) is 1.93. The van der Waals surface area contributed by atoms with Crippen molar-refractivity contribution in [3.05, 3.63) is 65.5 Å². The molecular formula is C27H27N5O2S. The van der Waals surface area contributed by atoms with Gasteiger partial charge in [0.25, 0.3) is 0 Å². The number of hydrogen-bond acceptors (Lipinski definition) is 6. The Balaban J connectivity index is 1.67. The van der Waals surface area contributed by atoms with Gasteiger partial charge in [-0.05, 0) is 50.3 Å². The fourth-order valence-electron chi connectivity index (χ4n) is 5.39. The molecule has 0 spiro atoms. The van der Waals surface area contributed by atoms with Crippen LogP contribution in [0, 0.1) is 12.8 Å². The van der Waals surface area contributed by atoms with Crippen LogP contribution in [0.3, 0.4) is 0 Å². The lowest BCUT2D eigenvalue weighted by Gasteiger charge is -2.33. The third-order valence-corrected chi connectivity index (χ3v) is 8.22. The molecule has 7 nitrogen and oxygen atoms in total. The molecule has 1 aromatic carbocycles. The molecule has 6 rings (SSSR count). The molecule has 4 aromatic heterocycles. The van der Waals surface area contributed by atoms with E-state index in [0.717, 1.165) is 63.6 Å². The van der Waals surface area contributed by atoms with Gasteiger partial charge in [0.15, 0.2) is 5.78 Å². The van der Waals surface area contributed by atoms with Gasteiger partial charge in [0.2, 0.25) is 0 Å². The van der Waals surface area contributed by atoms with Crippen molar-refractivity contribution in [1.29, 1.82) is 0 Å². The molecule has 5 heterocycles. The van der Waals surface area contributed by atoms with Crippen LogP contribution < -0.4 is 0 Å². The average Bonchev–Trinajstić information content (AvgIpc) is 3.53. The largest absolute Gasteiger partial charge is 0.381 e. The van der Waals surface area contributed by atoms with Crippen LogP contribution in [-0.2, 0) is 11.8 Å². The fourth-order valence-corrected chi connectivity index (χ4v) is 6.68. The van der Waals surface area contributed by atoms with Crippen molar-refractivity contribution in [2.24, 2.45) is 13.0 Å². The zero-order valence-corrected chi connectivity index (χ0v) is 20.9. The highest BCUT2D eigenvalue weighted by Gasteiger charge is 2.31. The van der Waals surface area contributed by atoms with Crippen LogP contribution in [0.2, 0.25) is 0 Å². The van der Waals surface area contributed by atoms with E-state index in [4.69, 9.17) is 9.72 Å². The van der Waals surface area contributed by atoms with Crippen LogP contribution in [0.15, 0.2) is 48.7 Å². The van der Waals surface area contributed by atoms with E-state index < -0.39 is 0 Å². The Morgan fingerprint density at radius 2 is 1.91 bits per heavy atom. The maximum absolute atomic E-state index is 12.3. The lowest BCUT2D eigenvalue weighted by molar-refractivity contribution is 0.0553. The Morgan fingerprint density at radius 3 is 2.60 bits per heavy atom. The maximum Gasteiger partial charge on any atom is 0.161 e. The molecule has 0 N–H and O–H groups in total. The van der Waals surface area contributed by atoms with Gasteiger partial charge >= 0.3 is 0 Å². The summed E-state index contributed by atoms with van der Waals surface area (Å²) in [6.45, 7) is 5.12. The summed E-state index contributed by atoms with van der Waals surface area (Å²) in [6, 6.07) is 15.1. The summed E-state index contributed by atoms with van der Waals surface area (Å²) in [5.41, 5.74) is 6.89. The van der Waals surface area contributed by atoms with Crippen molar-refractivity contribution in [3.63, 3.8) is 0 Å². The number of nitrogens with zero attached hydrogens (tertiary/aromatic N) is 5. The van der Waals surface area contributed by atoms with E-state index in [1.165, 1.54) is 5.56 Å². The predicted octanol–water partition coefficient (Wildman–Crippen LogP) is 5.57. The maximum atomic E-state index is 12.3. The normalized spacial score (nSPS) is 15.7. The molecule has 0 amide bonds. The quantitative estimate of drug-likeness (QED) is 0.304. The van der Waals surface area contributed by atoms with E-state index >= 15 is 0 Å². The van der Waals surface area contributed by atoms with Crippen molar-refractivity contribution < 1.29 is 9.53 Å². The molecule has 178 valence electrons. The number of aryl methyl sites for hydroxylation is 2. The van der Waals surface area contributed by atoms with E-state index in [0.29, 0.717) is 11.5 Å². The first-order valence-corrected chi connectivity index (χ1v) is 12.8. The highest BCUT2D eigenvalue weighted by Crippen LogP contribution is 2.45. The molecule has 1 aliphatic heterocycles. The zero-order chi connectivity index (χ0) is 24.1. The number of thiophene rings is 1. The lowest BCUT2D eigenvalue weighted by atomic mass is 9.86. The van der Waals surface area contributed by atoms with Gasteiger partial charge in [-0.1, -0.05) is 35.5 Å². The fraction of sp³-hybridized carbons (Fsp3) is 0.333. The second-order valence-corrected chi connectivity index (χ2v) is 10.3. The van der Waals surface area contributed by atoms with Crippen LogP contribution in [0.1, 0.15) is 47.4 Å². The minimum Gasteiger partial charge on any atom is -0.381 e. The molecule has 35 heavy (non-hydrogen) atoms. The van der Waals surface area contributed by atoms with Crippen LogP contribution in [0.5, 0.6) is 0 Å². The van der Waals surface area contributed by atoms with Crippen molar-refractivity contribution in [1.82, 2.24) is 24.5 Å². The SMILES string of the molecule is CC(=O)c1cnc2c3sc(-c4c(C)nnn4C)cc3n(C(c3ccccc3)C3CCOCC3)c2c1. The number of ketones is 1. The first-order valence-electron chi connectivity index (χ1n) is 12.0. The minimum atomic E-state index is 0.0232. The Labute approximate surface area is 207 Å². The van der Waals surface area contributed by atoms with Crippen LogP contribution >= 0.6 is 11.3 Å². The van der Waals surface area contributed by atoms with Gasteiger partial charge in [-0.15, -0.1) is 16.4 Å². The monoisotopic (exact) mass is 485 g/mol. The molecule has 0 saturated carbocycles. The van der Waals surface area contributed by atoms with Gasteiger partial charge in [0, 0.05) is 32.0 Å². The standard InChI is InChI=1S/C27H27N5O2S/c1-16-25(31(3)30-29-16)23-14-22-27(35-23)24-21(13-20(15-28-24)17(2)33)32(22)26(18-7-5-4-6-8-18)19-9-11-34-12-10-19/h4-8,13-15,19,26H,9-12H2,1-3H3. The molecule has 1 atom stereocenters. The van der Waals surface area contributed by atoms with Crippen molar-refractivity contribution in [2.75, 3.05) is 13.2 Å². The third-order valence-electron chi connectivity index (χ3n) is 7.08. The third kappa shape index (κ3) is 3.68. The van der Waals surface area contributed by atoms with E-state index in [-0.39, 0.29) is 11.8 Å². The van der Waals surface area contributed by atoms with Gasteiger partial charge in [-0.2, -0.15) is 0 Å². The molecular weight excluding hydrogens is 458 g/mol. The number of fused-ring (bicyclic) bond motifs is 3. The predicted molar refractivity (Wildman–Crippen MR) is 138 cm³/mol. The van der Waals surface area contributed by atoms with Gasteiger partial charge in [-0.3, -0.25) is 9.78 Å². The van der Waals surface area contributed by atoms with Gasteiger partial charge < -0.3 is 9.30 Å². The smallest absolute Gasteiger partial charge is 0.161 e. The molecule has 1 aliphatic rings. The van der Waals surface area contributed by atoms with Crippen molar-refractivity contribution >= 4 is 38.4 Å². The number of rotatable bonds is 5. The minimum absolute atomic E-state index is 0.0232. The molecule has 1 unspecified atom stereocenters. The summed E-state index contributed by atoms with van der Waals surface area (Å²) >= 11 is 1.71. The van der Waals surface area contributed by atoms with Gasteiger partial charge in [0.1, 0.15) is 11.2 Å². The summed E-state index contributed by atoms with van der Waals surface area (Å²) in [4.78, 5) is 18.2. The van der Waals surface area contributed by atoms with Crippen molar-refractivity contribution in [2.45, 2.75) is 32.7 Å². The topological polar surface area (TPSA) is 74.8 Å². The molecule has 0 bridgehead atoms. The second-order valence-electron chi connectivity index (χ2n) is 9.30. The number of hydrogen-bond donors (Lipinski definition) is 0. The molecule has 1 saturated heterocycles. The molecule has 5 aromatic rings. The van der Waals surface area contributed by atoms with Crippen LogP contribution in [0.25, 0.3) is 31.8 Å². The molecule has 0 radical (unpaired) electrons. The summed E-state index contributed by atoms with van der Waals surface area (Å²) in [5.74, 6) is 0.435. The van der Waals surface area contributed by atoms with E-state index in [2.05, 4.69) is 51.3 Å². The number of ether oxygens (including phenoxy) is 1. The molecule has 1 fully saturated rings. The van der Waals surface area contributed by atoms with E-state index in [9.17, 15) is 4.79 Å². The number of benzene rings is 1. The highest BCUT2D eigenvalue weighted by molar-refractivity contribution is 7.23. The Kier molecular flexibility index (Phi) is 5.50. The van der Waals surface area contributed by atoms with Crippen LogP contribution in [0.4, 0.5) is 0 Å². The first-order chi connectivity index (χ1) is 17.0. The van der Waals surface area contributed by atoms with Gasteiger partial charge in [0.05, 0.1) is 32.3 Å². The zero-order valence-electron chi connectivity index (χ0n) is 20.1. The number of carbonyl (C=O) groups is 1. The average molecular weight is 486 g/mol. The summed E-state index contributed by atoms with van der Waals surface area (Å²) in [5, 5.41) is 8.48. The van der Waals surface area contributed by atoms with E-state index in [1.807, 2.05) is 24.7 Å². The Hall–Kier alpha value is -3.36. The molecule has 8 heteroatoms. The Bertz CT molecular complexity index is 1520. The number of aromatic nitrogens is 5. The van der Waals surface area contributed by atoms with E-state index in [1.54, 1.807) is 24.5 Å². The first kappa shape index (κ1) is 22.1. The second kappa shape index (κ2) is 8.70.